The number of rotatable bonds is 1. The Bertz CT molecular complexity index is 383. The van der Waals surface area contributed by atoms with Crippen LogP contribution in [0.1, 0.15) is 17.2 Å². The zero-order valence-corrected chi connectivity index (χ0v) is 10.1. The van der Waals surface area contributed by atoms with E-state index in [0.717, 1.165) is 31.0 Å². The highest BCUT2D eigenvalue weighted by Gasteiger charge is 2.30. The lowest BCUT2D eigenvalue weighted by Crippen LogP contribution is -2.44. The molecule has 4 nitrogen and oxygen atoms in total. The third kappa shape index (κ3) is 1.69. The first-order valence-corrected chi connectivity index (χ1v) is 6.43. The van der Waals surface area contributed by atoms with E-state index in [1.54, 1.807) is 11.3 Å². The topological polar surface area (TPSA) is 47.7 Å². The lowest BCUT2D eigenvalue weighted by molar-refractivity contribution is 0.171. The second kappa shape index (κ2) is 3.91. The van der Waals surface area contributed by atoms with Gasteiger partial charge in [-0.1, -0.05) is 0 Å². The molecule has 0 amide bonds. The van der Waals surface area contributed by atoms with Gasteiger partial charge in [0, 0.05) is 30.4 Å². The zero-order chi connectivity index (χ0) is 11.1. The average molecular weight is 240 g/mol. The van der Waals surface area contributed by atoms with Gasteiger partial charge in [-0.2, -0.15) is 0 Å². The Kier molecular flexibility index (Phi) is 2.53. The molecule has 5 heteroatoms. The normalized spacial score (nSPS) is 29.6. The molecule has 0 saturated carbocycles. The average Bonchev–Trinajstić information content (AvgIpc) is 2.75. The Morgan fingerprint density at radius 1 is 1.44 bits per heavy atom. The van der Waals surface area contributed by atoms with Gasteiger partial charge in [-0.05, 0) is 13.5 Å². The molecular weight excluding hydrogens is 224 g/mol. The number of ether oxygens (including phenoxy) is 2. The lowest BCUT2D eigenvalue weighted by Gasteiger charge is -2.33. The highest BCUT2D eigenvalue weighted by molar-refractivity contribution is 7.10. The number of nitrogens with two attached hydrogens (primary N) is 1. The minimum Gasteiger partial charge on any atom is -0.453 e. The van der Waals surface area contributed by atoms with Crippen molar-refractivity contribution >= 4 is 11.3 Å². The predicted molar refractivity (Wildman–Crippen MR) is 63.3 cm³/mol. The van der Waals surface area contributed by atoms with Gasteiger partial charge in [0.1, 0.15) is 0 Å². The fraction of sp³-hybridized carbons (Fsp3) is 0.636. The van der Waals surface area contributed by atoms with Crippen molar-refractivity contribution in [3.63, 3.8) is 0 Å². The van der Waals surface area contributed by atoms with E-state index in [0.29, 0.717) is 12.7 Å². The number of likely N-dealkylation sites (tertiary alicyclic amines) is 1. The Balaban J connectivity index is 1.86. The first kappa shape index (κ1) is 10.4. The van der Waals surface area contributed by atoms with E-state index in [9.17, 15) is 0 Å². The van der Waals surface area contributed by atoms with Crippen LogP contribution >= 0.6 is 11.3 Å². The van der Waals surface area contributed by atoms with Gasteiger partial charge in [0.05, 0.1) is 4.88 Å². The van der Waals surface area contributed by atoms with E-state index >= 15 is 0 Å². The molecule has 2 aliphatic heterocycles. The first-order chi connectivity index (χ1) is 7.74. The number of piperidine rings is 1. The molecule has 88 valence electrons. The standard InChI is InChI=1S/C11H16N2O2S/c1-13-3-7(2-8(12)4-13)11-10-9(5-16-11)14-6-15-10/h5,7-8H,2-4,6,12H2,1H3. The summed E-state index contributed by atoms with van der Waals surface area (Å²) in [6, 6.07) is 0.267. The van der Waals surface area contributed by atoms with Crippen molar-refractivity contribution in [3.8, 4) is 11.5 Å². The van der Waals surface area contributed by atoms with E-state index in [1.807, 2.05) is 5.38 Å². The molecule has 0 aliphatic carbocycles. The van der Waals surface area contributed by atoms with Crippen LogP contribution in [0.15, 0.2) is 5.38 Å². The summed E-state index contributed by atoms with van der Waals surface area (Å²) in [5, 5.41) is 2.04. The quantitative estimate of drug-likeness (QED) is 0.802. The molecule has 1 fully saturated rings. The monoisotopic (exact) mass is 240 g/mol. The summed E-state index contributed by atoms with van der Waals surface area (Å²) in [5.41, 5.74) is 6.06. The van der Waals surface area contributed by atoms with Crippen LogP contribution < -0.4 is 15.2 Å². The molecule has 1 aromatic heterocycles. The Hall–Kier alpha value is -0.780. The maximum atomic E-state index is 6.06. The number of likely N-dealkylation sites (N-methyl/N-ethyl adjacent to an activating group) is 1. The summed E-state index contributed by atoms with van der Waals surface area (Å²) in [5.74, 6) is 2.35. The van der Waals surface area contributed by atoms with Gasteiger partial charge in [-0.15, -0.1) is 11.3 Å². The first-order valence-electron chi connectivity index (χ1n) is 5.55. The second-order valence-electron chi connectivity index (χ2n) is 4.61. The largest absolute Gasteiger partial charge is 0.453 e. The van der Waals surface area contributed by atoms with Crippen LogP contribution in [0, 0.1) is 0 Å². The third-order valence-electron chi connectivity index (χ3n) is 3.19. The van der Waals surface area contributed by atoms with Gasteiger partial charge in [0.25, 0.3) is 0 Å². The van der Waals surface area contributed by atoms with E-state index < -0.39 is 0 Å². The third-order valence-corrected chi connectivity index (χ3v) is 4.30. The SMILES string of the molecule is CN1CC(N)CC(c2scc3c2OCO3)C1. The van der Waals surface area contributed by atoms with Gasteiger partial charge in [-0.3, -0.25) is 0 Å². The van der Waals surface area contributed by atoms with E-state index in [1.165, 1.54) is 4.88 Å². The van der Waals surface area contributed by atoms with Crippen molar-refractivity contribution in [2.24, 2.45) is 5.73 Å². The summed E-state index contributed by atoms with van der Waals surface area (Å²) in [4.78, 5) is 3.59. The van der Waals surface area contributed by atoms with Crippen LogP contribution in [0.2, 0.25) is 0 Å². The van der Waals surface area contributed by atoms with Crippen molar-refractivity contribution in [2.45, 2.75) is 18.4 Å². The van der Waals surface area contributed by atoms with Crippen LogP contribution in [-0.4, -0.2) is 37.9 Å². The summed E-state index contributed by atoms with van der Waals surface area (Å²) in [6.07, 6.45) is 1.04. The Morgan fingerprint density at radius 2 is 2.31 bits per heavy atom. The molecule has 16 heavy (non-hydrogen) atoms. The minimum absolute atomic E-state index is 0.267. The predicted octanol–water partition coefficient (Wildman–Crippen LogP) is 1.22. The molecule has 1 aromatic rings. The van der Waals surface area contributed by atoms with E-state index in [2.05, 4.69) is 11.9 Å². The summed E-state index contributed by atoms with van der Waals surface area (Å²) in [7, 11) is 2.12. The molecule has 2 aliphatic rings. The van der Waals surface area contributed by atoms with Crippen molar-refractivity contribution in [2.75, 3.05) is 26.9 Å². The summed E-state index contributed by atoms with van der Waals surface area (Å²) < 4.78 is 10.9. The van der Waals surface area contributed by atoms with E-state index in [-0.39, 0.29) is 6.04 Å². The molecule has 0 aromatic carbocycles. The van der Waals surface area contributed by atoms with Crippen molar-refractivity contribution in [1.82, 2.24) is 4.90 Å². The molecule has 0 bridgehead atoms. The molecular formula is C11H16N2O2S. The fourth-order valence-electron chi connectivity index (χ4n) is 2.58. The molecule has 0 spiro atoms. The number of thiophene rings is 1. The fourth-order valence-corrected chi connectivity index (χ4v) is 3.62. The molecule has 2 atom stereocenters. The van der Waals surface area contributed by atoms with Gasteiger partial charge < -0.3 is 20.1 Å². The molecule has 0 radical (unpaired) electrons. The molecule has 3 heterocycles. The van der Waals surface area contributed by atoms with Crippen molar-refractivity contribution < 1.29 is 9.47 Å². The van der Waals surface area contributed by atoms with E-state index in [4.69, 9.17) is 15.2 Å². The minimum atomic E-state index is 0.267. The highest BCUT2D eigenvalue weighted by atomic mass is 32.1. The zero-order valence-electron chi connectivity index (χ0n) is 9.31. The van der Waals surface area contributed by atoms with Crippen molar-refractivity contribution in [3.05, 3.63) is 10.3 Å². The number of hydrogen-bond donors (Lipinski definition) is 1. The van der Waals surface area contributed by atoms with Crippen LogP contribution in [0.3, 0.4) is 0 Å². The van der Waals surface area contributed by atoms with Crippen molar-refractivity contribution in [1.29, 1.82) is 0 Å². The van der Waals surface area contributed by atoms with Gasteiger partial charge in [-0.25, -0.2) is 0 Å². The lowest BCUT2D eigenvalue weighted by atomic mass is 9.93. The molecule has 3 rings (SSSR count). The van der Waals surface area contributed by atoms with Gasteiger partial charge in [0.2, 0.25) is 6.79 Å². The van der Waals surface area contributed by atoms with Crippen LogP contribution in [0.25, 0.3) is 0 Å². The molecule has 2 unspecified atom stereocenters. The van der Waals surface area contributed by atoms with Gasteiger partial charge >= 0.3 is 0 Å². The number of nitrogens with zero attached hydrogens (tertiary/aromatic N) is 1. The Labute approximate surface area is 98.9 Å². The smallest absolute Gasteiger partial charge is 0.231 e. The maximum Gasteiger partial charge on any atom is 0.231 e. The Morgan fingerprint density at radius 3 is 3.12 bits per heavy atom. The van der Waals surface area contributed by atoms with Crippen LogP contribution in [0.5, 0.6) is 11.5 Å². The van der Waals surface area contributed by atoms with Crippen LogP contribution in [0.4, 0.5) is 0 Å². The highest BCUT2D eigenvalue weighted by Crippen LogP contribution is 2.46. The second-order valence-corrected chi connectivity index (χ2v) is 5.53. The number of hydrogen-bond acceptors (Lipinski definition) is 5. The molecule has 1 saturated heterocycles. The maximum absolute atomic E-state index is 6.06. The number of fused-ring (bicyclic) bond motifs is 1. The van der Waals surface area contributed by atoms with Gasteiger partial charge in [0.15, 0.2) is 11.5 Å². The van der Waals surface area contributed by atoms with Crippen LogP contribution in [-0.2, 0) is 0 Å². The summed E-state index contributed by atoms with van der Waals surface area (Å²) >= 11 is 1.73. The summed E-state index contributed by atoms with van der Waals surface area (Å²) in [6.45, 7) is 2.41. The molecule has 2 N–H and O–H groups in total.